The van der Waals surface area contributed by atoms with Crippen molar-refractivity contribution < 1.29 is 4.79 Å². The van der Waals surface area contributed by atoms with Crippen molar-refractivity contribution in [1.29, 1.82) is 0 Å². The highest BCUT2D eigenvalue weighted by Crippen LogP contribution is 2.31. The maximum atomic E-state index is 13.1. The van der Waals surface area contributed by atoms with Gasteiger partial charge in [-0.1, -0.05) is 20.8 Å². The largest absolute Gasteiger partial charge is 0.336 e. The topological polar surface area (TPSA) is 51.0 Å². The van der Waals surface area contributed by atoms with Gasteiger partial charge in [-0.3, -0.25) is 9.78 Å². The van der Waals surface area contributed by atoms with Gasteiger partial charge in [-0.05, 0) is 43.7 Å². The van der Waals surface area contributed by atoms with Crippen LogP contribution in [-0.2, 0) is 0 Å². The van der Waals surface area contributed by atoms with E-state index in [0.717, 1.165) is 37.2 Å². The molecule has 24 heavy (non-hydrogen) atoms. The first kappa shape index (κ1) is 16.7. The minimum Gasteiger partial charge on any atom is -0.336 e. The summed E-state index contributed by atoms with van der Waals surface area (Å²) in [4.78, 5) is 19.1. The van der Waals surface area contributed by atoms with E-state index in [1.54, 1.807) is 18.6 Å². The van der Waals surface area contributed by atoms with Crippen LogP contribution in [0.3, 0.4) is 0 Å². The molecule has 0 aromatic carbocycles. The Morgan fingerprint density at radius 3 is 2.67 bits per heavy atom. The average molecular weight is 326 g/mol. The Hall–Kier alpha value is -2.17. The second-order valence-corrected chi connectivity index (χ2v) is 7.82. The molecule has 1 amide bonds. The fourth-order valence-corrected chi connectivity index (χ4v) is 3.54. The van der Waals surface area contributed by atoms with Crippen molar-refractivity contribution in [2.24, 2.45) is 5.41 Å². The molecule has 1 fully saturated rings. The number of hydrogen-bond acceptors (Lipinski definition) is 3. The van der Waals surface area contributed by atoms with Crippen LogP contribution in [0.25, 0.3) is 5.69 Å². The van der Waals surface area contributed by atoms with Crippen molar-refractivity contribution in [2.45, 2.75) is 53.0 Å². The van der Waals surface area contributed by atoms with Crippen molar-refractivity contribution in [2.75, 3.05) is 6.54 Å². The van der Waals surface area contributed by atoms with Gasteiger partial charge in [0.05, 0.1) is 23.1 Å². The first-order valence-electron chi connectivity index (χ1n) is 8.63. The fraction of sp³-hybridized carbons (Fsp3) is 0.526. The molecule has 1 atom stereocenters. The lowest BCUT2D eigenvalue weighted by Crippen LogP contribution is -2.37. The standard InChI is InChI=1S/C19H26N4O/c1-14-17(13-21-23(14)15-7-9-20-10-8-15)18(24)22-11-5-6-16(22)12-19(2,3)4/h7-10,13,16H,5-6,11-12H2,1-4H3/t16-/m0/s1. The van der Waals surface area contributed by atoms with Gasteiger partial charge < -0.3 is 4.90 Å². The van der Waals surface area contributed by atoms with Gasteiger partial charge >= 0.3 is 0 Å². The van der Waals surface area contributed by atoms with Crippen molar-refractivity contribution in [3.63, 3.8) is 0 Å². The Kier molecular flexibility index (Phi) is 4.43. The summed E-state index contributed by atoms with van der Waals surface area (Å²) in [6.45, 7) is 9.51. The maximum absolute atomic E-state index is 13.1. The van der Waals surface area contributed by atoms with Crippen LogP contribution in [0.2, 0.25) is 0 Å². The number of carbonyl (C=O) groups excluding carboxylic acids is 1. The van der Waals surface area contributed by atoms with Crippen molar-refractivity contribution >= 4 is 5.91 Å². The molecule has 3 rings (SSSR count). The Labute approximate surface area is 143 Å². The molecule has 0 saturated carbocycles. The lowest BCUT2D eigenvalue weighted by atomic mass is 9.87. The summed E-state index contributed by atoms with van der Waals surface area (Å²) in [5.74, 6) is 0.111. The Bertz CT molecular complexity index is 715. The molecule has 5 heteroatoms. The van der Waals surface area contributed by atoms with E-state index in [-0.39, 0.29) is 11.3 Å². The first-order valence-corrected chi connectivity index (χ1v) is 8.63. The molecule has 1 saturated heterocycles. The Balaban J connectivity index is 1.84. The van der Waals surface area contributed by atoms with Gasteiger partial charge in [0.25, 0.3) is 5.91 Å². The number of aromatic nitrogens is 3. The van der Waals surface area contributed by atoms with Crippen molar-refractivity contribution in [1.82, 2.24) is 19.7 Å². The van der Waals surface area contributed by atoms with Gasteiger partial charge in [-0.15, -0.1) is 0 Å². The molecule has 3 heterocycles. The zero-order valence-electron chi connectivity index (χ0n) is 15.0. The second-order valence-electron chi connectivity index (χ2n) is 7.82. The smallest absolute Gasteiger partial charge is 0.257 e. The zero-order chi connectivity index (χ0) is 17.3. The molecule has 0 radical (unpaired) electrons. The molecule has 0 N–H and O–H groups in total. The summed E-state index contributed by atoms with van der Waals surface area (Å²) in [7, 11) is 0. The van der Waals surface area contributed by atoms with E-state index in [2.05, 4.69) is 30.9 Å². The van der Waals surface area contributed by atoms with Gasteiger partial charge in [0.2, 0.25) is 0 Å². The summed E-state index contributed by atoms with van der Waals surface area (Å²) < 4.78 is 1.81. The van der Waals surface area contributed by atoms with Gasteiger partial charge in [0, 0.05) is 25.0 Å². The number of nitrogens with zero attached hydrogens (tertiary/aromatic N) is 4. The molecule has 0 unspecified atom stereocenters. The van der Waals surface area contributed by atoms with E-state index < -0.39 is 0 Å². The predicted molar refractivity (Wildman–Crippen MR) is 94.2 cm³/mol. The van der Waals surface area contributed by atoms with E-state index in [1.807, 2.05) is 28.6 Å². The molecule has 128 valence electrons. The zero-order valence-corrected chi connectivity index (χ0v) is 15.0. The van der Waals surface area contributed by atoms with Crippen LogP contribution < -0.4 is 0 Å². The van der Waals surface area contributed by atoms with Gasteiger partial charge in [-0.25, -0.2) is 4.68 Å². The lowest BCUT2D eigenvalue weighted by molar-refractivity contribution is 0.0703. The molecule has 2 aromatic heterocycles. The molecular formula is C19H26N4O. The van der Waals surface area contributed by atoms with E-state index in [1.165, 1.54) is 0 Å². The van der Waals surface area contributed by atoms with Gasteiger partial charge in [-0.2, -0.15) is 5.10 Å². The molecule has 0 spiro atoms. The molecule has 1 aliphatic rings. The number of amides is 1. The highest BCUT2D eigenvalue weighted by Gasteiger charge is 2.33. The third-order valence-electron chi connectivity index (χ3n) is 4.63. The number of rotatable bonds is 3. The van der Waals surface area contributed by atoms with Crippen LogP contribution >= 0.6 is 0 Å². The molecular weight excluding hydrogens is 300 g/mol. The van der Waals surface area contributed by atoms with Crippen LogP contribution in [0, 0.1) is 12.3 Å². The van der Waals surface area contributed by atoms with Crippen LogP contribution in [0.15, 0.2) is 30.7 Å². The highest BCUT2D eigenvalue weighted by molar-refractivity contribution is 5.95. The first-order chi connectivity index (χ1) is 11.4. The minimum atomic E-state index is 0.111. The summed E-state index contributed by atoms with van der Waals surface area (Å²) in [5, 5.41) is 4.42. The third-order valence-corrected chi connectivity index (χ3v) is 4.63. The van der Waals surface area contributed by atoms with E-state index in [0.29, 0.717) is 11.6 Å². The predicted octanol–water partition coefficient (Wildman–Crippen LogP) is 3.62. The van der Waals surface area contributed by atoms with Crippen LogP contribution in [0.4, 0.5) is 0 Å². The number of hydrogen-bond donors (Lipinski definition) is 0. The van der Waals surface area contributed by atoms with Crippen LogP contribution in [0.5, 0.6) is 0 Å². The summed E-state index contributed by atoms with van der Waals surface area (Å²) in [6.07, 6.45) is 8.39. The van der Waals surface area contributed by atoms with Crippen LogP contribution in [-0.4, -0.2) is 38.2 Å². The van der Waals surface area contributed by atoms with Crippen LogP contribution in [0.1, 0.15) is 56.1 Å². The summed E-state index contributed by atoms with van der Waals surface area (Å²) in [5.41, 5.74) is 2.73. The summed E-state index contributed by atoms with van der Waals surface area (Å²) >= 11 is 0. The number of carbonyl (C=O) groups is 1. The van der Waals surface area contributed by atoms with E-state index >= 15 is 0 Å². The monoisotopic (exact) mass is 326 g/mol. The molecule has 2 aromatic rings. The number of pyridine rings is 1. The number of likely N-dealkylation sites (tertiary alicyclic amines) is 1. The van der Waals surface area contributed by atoms with Gasteiger partial charge in [0.1, 0.15) is 0 Å². The van der Waals surface area contributed by atoms with E-state index in [4.69, 9.17) is 0 Å². The van der Waals surface area contributed by atoms with Crippen molar-refractivity contribution in [3.8, 4) is 5.69 Å². The maximum Gasteiger partial charge on any atom is 0.257 e. The fourth-order valence-electron chi connectivity index (χ4n) is 3.54. The Morgan fingerprint density at radius 2 is 2.00 bits per heavy atom. The Morgan fingerprint density at radius 1 is 1.29 bits per heavy atom. The lowest BCUT2D eigenvalue weighted by Gasteiger charge is -2.30. The molecule has 5 nitrogen and oxygen atoms in total. The van der Waals surface area contributed by atoms with Gasteiger partial charge in [0.15, 0.2) is 0 Å². The quantitative estimate of drug-likeness (QED) is 0.865. The molecule has 0 bridgehead atoms. The highest BCUT2D eigenvalue weighted by atomic mass is 16.2. The summed E-state index contributed by atoms with van der Waals surface area (Å²) in [6, 6.07) is 4.13. The van der Waals surface area contributed by atoms with Crippen molar-refractivity contribution in [3.05, 3.63) is 42.0 Å². The minimum absolute atomic E-state index is 0.111. The molecule has 0 aliphatic carbocycles. The molecule has 1 aliphatic heterocycles. The van der Waals surface area contributed by atoms with E-state index in [9.17, 15) is 4.79 Å². The second kappa shape index (κ2) is 6.38. The SMILES string of the molecule is Cc1c(C(=O)N2CCC[C@H]2CC(C)(C)C)cnn1-c1ccncc1. The third kappa shape index (κ3) is 3.35. The average Bonchev–Trinajstić information content (AvgIpc) is 3.12. The normalized spacial score (nSPS) is 18.2.